The summed E-state index contributed by atoms with van der Waals surface area (Å²) in [6.07, 6.45) is 0.413. The van der Waals surface area contributed by atoms with E-state index in [-0.39, 0.29) is 17.4 Å². The minimum Gasteiger partial charge on any atom is -0.395 e. The molecule has 0 aromatic heterocycles. The lowest BCUT2D eigenvalue weighted by Crippen LogP contribution is -2.27. The van der Waals surface area contributed by atoms with Crippen molar-refractivity contribution < 1.29 is 13.5 Å². The molecule has 0 saturated carbocycles. The molecule has 0 radical (unpaired) electrons. The van der Waals surface area contributed by atoms with Crippen LogP contribution >= 0.6 is 0 Å². The predicted molar refractivity (Wildman–Crippen MR) is 75.0 cm³/mol. The van der Waals surface area contributed by atoms with Gasteiger partial charge in [-0.3, -0.25) is 0 Å². The number of sulfonamides is 1. The fourth-order valence-corrected chi connectivity index (χ4v) is 2.51. The molecule has 0 aliphatic carbocycles. The smallest absolute Gasteiger partial charge is 0.240 e. The van der Waals surface area contributed by atoms with E-state index in [0.717, 1.165) is 5.56 Å². The standard InChI is InChI=1S/C14H19NO3S/c1-12(2)11-15-19(17,18)14-8-6-13(7-9-14)5-3-4-10-16/h6-9,12,15-16H,4,10-11H2,1-2H3. The van der Waals surface area contributed by atoms with Gasteiger partial charge in [0, 0.05) is 18.5 Å². The first-order chi connectivity index (χ1) is 8.95. The van der Waals surface area contributed by atoms with Crippen molar-refractivity contribution in [1.29, 1.82) is 0 Å². The summed E-state index contributed by atoms with van der Waals surface area (Å²) in [7, 11) is -3.44. The number of aliphatic hydroxyl groups is 1. The van der Waals surface area contributed by atoms with Gasteiger partial charge in [-0.05, 0) is 30.2 Å². The first-order valence-corrected chi connectivity index (χ1v) is 7.63. The van der Waals surface area contributed by atoms with E-state index in [1.165, 1.54) is 12.1 Å². The summed E-state index contributed by atoms with van der Waals surface area (Å²) >= 11 is 0. The fourth-order valence-electron chi connectivity index (χ4n) is 1.30. The molecule has 4 nitrogen and oxygen atoms in total. The predicted octanol–water partition coefficient (Wildman–Crippen LogP) is 1.35. The highest BCUT2D eigenvalue weighted by atomic mass is 32.2. The minimum absolute atomic E-state index is 0.0264. The maximum Gasteiger partial charge on any atom is 0.240 e. The molecule has 2 N–H and O–H groups in total. The van der Waals surface area contributed by atoms with E-state index in [4.69, 9.17) is 5.11 Å². The summed E-state index contributed by atoms with van der Waals surface area (Å²) in [6, 6.07) is 6.39. The van der Waals surface area contributed by atoms with Gasteiger partial charge in [0.15, 0.2) is 0 Å². The molecule has 0 saturated heterocycles. The zero-order valence-corrected chi connectivity index (χ0v) is 12.0. The van der Waals surface area contributed by atoms with Gasteiger partial charge in [-0.2, -0.15) is 0 Å². The maximum absolute atomic E-state index is 11.9. The monoisotopic (exact) mass is 281 g/mol. The number of hydrogen-bond donors (Lipinski definition) is 2. The first-order valence-electron chi connectivity index (χ1n) is 6.15. The normalized spacial score (nSPS) is 11.2. The molecule has 0 bridgehead atoms. The van der Waals surface area contributed by atoms with Crippen molar-refractivity contribution in [2.24, 2.45) is 5.92 Å². The van der Waals surface area contributed by atoms with Gasteiger partial charge >= 0.3 is 0 Å². The van der Waals surface area contributed by atoms with Gasteiger partial charge < -0.3 is 5.11 Å². The fraction of sp³-hybridized carbons (Fsp3) is 0.429. The molecule has 0 unspecified atom stereocenters. The zero-order valence-electron chi connectivity index (χ0n) is 11.2. The van der Waals surface area contributed by atoms with E-state index in [1.807, 2.05) is 13.8 Å². The van der Waals surface area contributed by atoms with Crippen molar-refractivity contribution in [3.63, 3.8) is 0 Å². The van der Waals surface area contributed by atoms with E-state index >= 15 is 0 Å². The summed E-state index contributed by atoms with van der Waals surface area (Å²) in [5, 5.41) is 8.61. The molecule has 104 valence electrons. The van der Waals surface area contributed by atoms with Crippen LogP contribution in [0.3, 0.4) is 0 Å². The summed E-state index contributed by atoms with van der Waals surface area (Å²) in [5.41, 5.74) is 0.733. The summed E-state index contributed by atoms with van der Waals surface area (Å²) < 4.78 is 26.4. The molecule has 0 aliphatic heterocycles. The van der Waals surface area contributed by atoms with Crippen molar-refractivity contribution in [2.75, 3.05) is 13.2 Å². The molecule has 0 spiro atoms. The van der Waals surface area contributed by atoms with Gasteiger partial charge in [0.2, 0.25) is 10.0 Å². The van der Waals surface area contributed by atoms with Gasteiger partial charge in [0.05, 0.1) is 11.5 Å². The van der Waals surface area contributed by atoms with Gasteiger partial charge in [-0.1, -0.05) is 25.7 Å². The lowest BCUT2D eigenvalue weighted by molar-refractivity contribution is 0.305. The van der Waals surface area contributed by atoms with Crippen molar-refractivity contribution in [3.8, 4) is 11.8 Å². The van der Waals surface area contributed by atoms with Crippen LogP contribution in [0.25, 0.3) is 0 Å². The molecular weight excluding hydrogens is 262 g/mol. The van der Waals surface area contributed by atoms with Crippen molar-refractivity contribution in [3.05, 3.63) is 29.8 Å². The van der Waals surface area contributed by atoms with Crippen LogP contribution in [-0.2, 0) is 10.0 Å². The van der Waals surface area contributed by atoms with E-state index < -0.39 is 10.0 Å². The molecule has 0 heterocycles. The molecule has 19 heavy (non-hydrogen) atoms. The number of rotatable bonds is 5. The van der Waals surface area contributed by atoms with Gasteiger partial charge in [-0.15, -0.1) is 0 Å². The largest absolute Gasteiger partial charge is 0.395 e. The van der Waals surface area contributed by atoms with Crippen LogP contribution < -0.4 is 4.72 Å². The molecule has 5 heteroatoms. The molecular formula is C14H19NO3S. The highest BCUT2D eigenvalue weighted by Crippen LogP contribution is 2.10. The Bertz CT molecular complexity index is 551. The van der Waals surface area contributed by atoms with E-state index in [2.05, 4.69) is 16.6 Å². The number of nitrogens with one attached hydrogen (secondary N) is 1. The average molecular weight is 281 g/mol. The third kappa shape index (κ3) is 5.43. The Hall–Kier alpha value is -1.35. The second-order valence-corrected chi connectivity index (χ2v) is 6.31. The maximum atomic E-state index is 11.9. The van der Waals surface area contributed by atoms with Crippen LogP contribution in [0.4, 0.5) is 0 Å². The van der Waals surface area contributed by atoms with Crippen LogP contribution in [0, 0.1) is 17.8 Å². The summed E-state index contributed by atoms with van der Waals surface area (Å²) in [5.74, 6) is 5.90. The lowest BCUT2D eigenvalue weighted by atomic mass is 10.2. The molecule has 0 amide bonds. The SMILES string of the molecule is CC(C)CNS(=O)(=O)c1ccc(C#CCCO)cc1. The van der Waals surface area contributed by atoms with E-state index in [9.17, 15) is 8.42 Å². The van der Waals surface area contributed by atoms with Crippen LogP contribution in [0.15, 0.2) is 29.2 Å². The van der Waals surface area contributed by atoms with Crippen molar-refractivity contribution in [1.82, 2.24) is 4.72 Å². The second kappa shape index (κ2) is 7.29. The third-order valence-electron chi connectivity index (χ3n) is 2.32. The zero-order chi connectivity index (χ0) is 14.3. The van der Waals surface area contributed by atoms with Crippen molar-refractivity contribution >= 4 is 10.0 Å². The number of aliphatic hydroxyl groups excluding tert-OH is 1. The van der Waals surface area contributed by atoms with Gasteiger partial charge in [-0.25, -0.2) is 13.1 Å². The Morgan fingerprint density at radius 1 is 1.26 bits per heavy atom. The highest BCUT2D eigenvalue weighted by Gasteiger charge is 2.13. The number of hydrogen-bond acceptors (Lipinski definition) is 3. The van der Waals surface area contributed by atoms with Crippen LogP contribution in [-0.4, -0.2) is 26.7 Å². The molecule has 1 aromatic rings. The molecule has 1 rings (SSSR count). The van der Waals surface area contributed by atoms with Crippen LogP contribution in [0.2, 0.25) is 0 Å². The van der Waals surface area contributed by atoms with E-state index in [1.54, 1.807) is 12.1 Å². The molecule has 0 aliphatic rings. The Kier molecular flexibility index (Phi) is 6.03. The first kappa shape index (κ1) is 15.7. The lowest BCUT2D eigenvalue weighted by Gasteiger charge is -2.08. The average Bonchev–Trinajstić information content (AvgIpc) is 2.37. The van der Waals surface area contributed by atoms with Crippen LogP contribution in [0.1, 0.15) is 25.8 Å². The van der Waals surface area contributed by atoms with Gasteiger partial charge in [0.1, 0.15) is 0 Å². The molecule has 0 atom stereocenters. The quantitative estimate of drug-likeness (QED) is 0.801. The topological polar surface area (TPSA) is 66.4 Å². The van der Waals surface area contributed by atoms with E-state index in [0.29, 0.717) is 13.0 Å². The Morgan fingerprint density at radius 3 is 2.42 bits per heavy atom. The number of benzene rings is 1. The summed E-state index contributed by atoms with van der Waals surface area (Å²) in [4.78, 5) is 0.237. The van der Waals surface area contributed by atoms with Crippen LogP contribution in [0.5, 0.6) is 0 Å². The molecule has 1 aromatic carbocycles. The van der Waals surface area contributed by atoms with Gasteiger partial charge in [0.25, 0.3) is 0 Å². The Labute approximate surface area is 114 Å². The summed E-state index contributed by atoms with van der Waals surface area (Å²) in [6.45, 7) is 4.34. The Morgan fingerprint density at radius 2 is 1.89 bits per heavy atom. The third-order valence-corrected chi connectivity index (χ3v) is 3.76. The minimum atomic E-state index is -3.44. The highest BCUT2D eigenvalue weighted by molar-refractivity contribution is 7.89. The molecule has 0 fully saturated rings. The second-order valence-electron chi connectivity index (χ2n) is 4.55. The Balaban J connectivity index is 2.79. The van der Waals surface area contributed by atoms with Crippen molar-refractivity contribution in [2.45, 2.75) is 25.2 Å².